The molecule has 0 aliphatic heterocycles. The van der Waals surface area contributed by atoms with Crippen LogP contribution in [0.3, 0.4) is 0 Å². The quantitative estimate of drug-likeness (QED) is 0.598. The number of aryl methyl sites for hydroxylation is 2. The number of imidazole rings is 1. The Kier molecular flexibility index (Phi) is 6.20. The molecule has 2 heteroatoms. The molecule has 0 fully saturated rings. The van der Waals surface area contributed by atoms with Crippen molar-refractivity contribution in [2.24, 2.45) is 0 Å². The normalized spacial score (nSPS) is 10.9. The molecule has 1 aromatic heterocycles. The summed E-state index contributed by atoms with van der Waals surface area (Å²) >= 11 is 0. The first kappa shape index (κ1) is 13.3. The highest BCUT2D eigenvalue weighted by Gasteiger charge is 2.14. The van der Waals surface area contributed by atoms with E-state index in [1.54, 1.807) is 0 Å². The monoisotopic (exact) mass is 223 g/mol. The standard InChI is InChI=1S/C14H27N2/c1-4-7-10-15-12-13-16(11-8-5-2)14(15)9-6-3/h12-13H,4-11H2,1-3H3/q+1. The molecule has 0 bridgehead atoms. The Morgan fingerprint density at radius 2 is 1.81 bits per heavy atom. The highest BCUT2D eigenvalue weighted by atomic mass is 15.1. The molecule has 1 heterocycles. The molecule has 0 radical (unpaired) electrons. The molecule has 1 aromatic rings. The molecule has 1 rings (SSSR count). The van der Waals surface area contributed by atoms with Crippen LogP contribution in [0.15, 0.2) is 12.4 Å². The molecule has 16 heavy (non-hydrogen) atoms. The molecule has 0 amide bonds. The zero-order valence-corrected chi connectivity index (χ0v) is 11.2. The van der Waals surface area contributed by atoms with Crippen molar-refractivity contribution in [3.8, 4) is 0 Å². The van der Waals surface area contributed by atoms with Crippen LogP contribution >= 0.6 is 0 Å². The van der Waals surface area contributed by atoms with Crippen molar-refractivity contribution >= 4 is 0 Å². The average molecular weight is 223 g/mol. The molecule has 2 nitrogen and oxygen atoms in total. The van der Waals surface area contributed by atoms with Crippen LogP contribution in [-0.2, 0) is 19.5 Å². The van der Waals surface area contributed by atoms with E-state index < -0.39 is 0 Å². The second kappa shape index (κ2) is 7.48. The Labute approximate surface area is 100 Å². The van der Waals surface area contributed by atoms with Gasteiger partial charge in [-0.3, -0.25) is 0 Å². The zero-order chi connectivity index (χ0) is 11.8. The van der Waals surface area contributed by atoms with E-state index in [0.717, 1.165) is 0 Å². The van der Waals surface area contributed by atoms with Crippen molar-refractivity contribution in [2.75, 3.05) is 0 Å². The van der Waals surface area contributed by atoms with Gasteiger partial charge < -0.3 is 0 Å². The van der Waals surface area contributed by atoms with Crippen molar-refractivity contribution in [1.82, 2.24) is 4.57 Å². The highest BCUT2D eigenvalue weighted by molar-refractivity contribution is 4.83. The van der Waals surface area contributed by atoms with Crippen LogP contribution in [0.5, 0.6) is 0 Å². The van der Waals surface area contributed by atoms with Crippen LogP contribution < -0.4 is 4.57 Å². The van der Waals surface area contributed by atoms with E-state index in [4.69, 9.17) is 0 Å². The van der Waals surface area contributed by atoms with Gasteiger partial charge in [0.05, 0.1) is 13.1 Å². The summed E-state index contributed by atoms with van der Waals surface area (Å²) in [6.07, 6.45) is 12.1. The van der Waals surface area contributed by atoms with Gasteiger partial charge in [-0.2, -0.15) is 0 Å². The molecule has 92 valence electrons. The van der Waals surface area contributed by atoms with Gasteiger partial charge in [-0.1, -0.05) is 33.6 Å². The minimum atomic E-state index is 1.19. The van der Waals surface area contributed by atoms with E-state index >= 15 is 0 Å². The van der Waals surface area contributed by atoms with Crippen LogP contribution in [0.1, 0.15) is 58.7 Å². The van der Waals surface area contributed by atoms with Crippen LogP contribution in [0.25, 0.3) is 0 Å². The second-order valence-corrected chi connectivity index (χ2v) is 4.56. The first-order chi connectivity index (χ1) is 7.83. The molecule has 0 spiro atoms. The summed E-state index contributed by atoms with van der Waals surface area (Å²) in [6, 6.07) is 0. The average Bonchev–Trinajstić information content (AvgIpc) is 2.67. The molecule has 0 N–H and O–H groups in total. The third kappa shape index (κ3) is 3.66. The van der Waals surface area contributed by atoms with Crippen LogP contribution in [0, 0.1) is 0 Å². The van der Waals surface area contributed by atoms with E-state index in [-0.39, 0.29) is 0 Å². The number of unbranched alkanes of at least 4 members (excludes halogenated alkanes) is 2. The summed E-state index contributed by atoms with van der Waals surface area (Å²) < 4.78 is 4.89. The Bertz CT molecular complexity index is 263. The maximum absolute atomic E-state index is 2.45. The van der Waals surface area contributed by atoms with Gasteiger partial charge in [-0.05, 0) is 19.3 Å². The zero-order valence-electron chi connectivity index (χ0n) is 11.2. The van der Waals surface area contributed by atoms with Gasteiger partial charge >= 0.3 is 0 Å². The van der Waals surface area contributed by atoms with Gasteiger partial charge in [0.2, 0.25) is 0 Å². The van der Waals surface area contributed by atoms with Crippen LogP contribution in [0.2, 0.25) is 0 Å². The molecule has 0 aliphatic rings. The van der Waals surface area contributed by atoms with Crippen molar-refractivity contribution in [3.63, 3.8) is 0 Å². The molecule has 0 aliphatic carbocycles. The lowest BCUT2D eigenvalue weighted by molar-refractivity contribution is -0.704. The van der Waals surface area contributed by atoms with Crippen LogP contribution in [-0.4, -0.2) is 4.57 Å². The van der Waals surface area contributed by atoms with Crippen molar-refractivity contribution in [2.45, 2.75) is 72.4 Å². The topological polar surface area (TPSA) is 8.81 Å². The minimum Gasteiger partial charge on any atom is -0.234 e. The van der Waals surface area contributed by atoms with Crippen molar-refractivity contribution < 1.29 is 4.57 Å². The first-order valence-corrected chi connectivity index (χ1v) is 6.90. The largest absolute Gasteiger partial charge is 0.256 e. The lowest BCUT2D eigenvalue weighted by Gasteiger charge is -2.03. The van der Waals surface area contributed by atoms with Crippen LogP contribution in [0.4, 0.5) is 0 Å². The first-order valence-electron chi connectivity index (χ1n) is 6.90. The number of rotatable bonds is 8. The number of hydrogen-bond acceptors (Lipinski definition) is 0. The van der Waals surface area contributed by atoms with E-state index in [1.807, 2.05) is 0 Å². The van der Waals surface area contributed by atoms with Gasteiger partial charge in [-0.15, -0.1) is 0 Å². The molecule has 0 unspecified atom stereocenters. The van der Waals surface area contributed by atoms with E-state index in [2.05, 4.69) is 42.3 Å². The fourth-order valence-electron chi connectivity index (χ4n) is 2.07. The summed E-state index contributed by atoms with van der Waals surface area (Å²) in [5.41, 5.74) is 0. The summed E-state index contributed by atoms with van der Waals surface area (Å²) in [4.78, 5) is 0. The van der Waals surface area contributed by atoms with E-state index in [1.165, 1.54) is 57.4 Å². The smallest absolute Gasteiger partial charge is 0.234 e. The SMILES string of the molecule is CCCCn1cc[n+](CCCC)c1CCC. The maximum Gasteiger partial charge on any atom is 0.256 e. The molecule has 0 saturated heterocycles. The summed E-state index contributed by atoms with van der Waals surface area (Å²) in [5, 5.41) is 0. The molecule has 0 aromatic carbocycles. The van der Waals surface area contributed by atoms with Crippen molar-refractivity contribution in [3.05, 3.63) is 18.2 Å². The Hall–Kier alpha value is -0.790. The molecule has 0 atom stereocenters. The van der Waals surface area contributed by atoms with Gasteiger partial charge in [0.25, 0.3) is 5.82 Å². The number of aromatic nitrogens is 2. The Morgan fingerprint density at radius 1 is 1.06 bits per heavy atom. The third-order valence-electron chi connectivity index (χ3n) is 3.07. The van der Waals surface area contributed by atoms with Crippen molar-refractivity contribution in [1.29, 1.82) is 0 Å². The lowest BCUT2D eigenvalue weighted by Crippen LogP contribution is -2.37. The third-order valence-corrected chi connectivity index (χ3v) is 3.07. The Morgan fingerprint density at radius 3 is 2.44 bits per heavy atom. The van der Waals surface area contributed by atoms with Gasteiger partial charge in [0.15, 0.2) is 0 Å². The summed E-state index contributed by atoms with van der Waals surface area (Å²) in [7, 11) is 0. The molecular weight excluding hydrogens is 196 g/mol. The summed E-state index contributed by atoms with van der Waals surface area (Å²) in [6.45, 7) is 9.15. The molecule has 0 saturated carbocycles. The predicted molar refractivity (Wildman–Crippen MR) is 68.4 cm³/mol. The van der Waals surface area contributed by atoms with Gasteiger partial charge in [0, 0.05) is 6.42 Å². The minimum absolute atomic E-state index is 1.19. The summed E-state index contributed by atoms with van der Waals surface area (Å²) in [5.74, 6) is 1.52. The van der Waals surface area contributed by atoms with Gasteiger partial charge in [-0.25, -0.2) is 9.13 Å². The fraction of sp³-hybridized carbons (Fsp3) is 0.786. The number of nitrogens with zero attached hydrogens (tertiary/aromatic N) is 2. The highest BCUT2D eigenvalue weighted by Crippen LogP contribution is 2.03. The number of hydrogen-bond donors (Lipinski definition) is 0. The maximum atomic E-state index is 2.45. The van der Waals surface area contributed by atoms with Gasteiger partial charge in [0.1, 0.15) is 12.4 Å². The second-order valence-electron chi connectivity index (χ2n) is 4.56. The van der Waals surface area contributed by atoms with E-state index in [9.17, 15) is 0 Å². The van der Waals surface area contributed by atoms with E-state index in [0.29, 0.717) is 0 Å². The Balaban J connectivity index is 2.70. The molecular formula is C14H27N2+. The predicted octanol–water partition coefficient (Wildman–Crippen LogP) is 3.33. The lowest BCUT2D eigenvalue weighted by atomic mass is 10.3. The fourth-order valence-corrected chi connectivity index (χ4v) is 2.07.